The number of aliphatic hydroxyl groups is 1. The number of carbonyl (C=O) groups is 4. The maximum Gasteiger partial charge on any atom is 0.345 e. The summed E-state index contributed by atoms with van der Waals surface area (Å²) in [5, 5.41) is 12.6. The zero-order valence-corrected chi connectivity index (χ0v) is 21.4. The molecule has 0 saturated heterocycles. The number of benzene rings is 2. The van der Waals surface area contributed by atoms with Crippen molar-refractivity contribution in [3.63, 3.8) is 0 Å². The number of ether oxygens (including phenoxy) is 3. The molecule has 3 rings (SSSR count). The van der Waals surface area contributed by atoms with Gasteiger partial charge < -0.3 is 24.6 Å². The van der Waals surface area contributed by atoms with E-state index in [0.717, 1.165) is 34.7 Å². The molecule has 190 valence electrons. The van der Waals surface area contributed by atoms with Gasteiger partial charge >= 0.3 is 17.9 Å². The second-order valence-corrected chi connectivity index (χ2v) is 10.1. The van der Waals surface area contributed by atoms with E-state index in [2.05, 4.69) is 5.32 Å². The van der Waals surface area contributed by atoms with Crippen molar-refractivity contribution in [2.45, 2.75) is 30.3 Å². The normalized spacial score (nSPS) is 15.1. The van der Waals surface area contributed by atoms with Crippen LogP contribution in [0, 0.1) is 0 Å². The molecule has 0 radical (unpaired) electrons. The van der Waals surface area contributed by atoms with Gasteiger partial charge in [0, 0.05) is 5.56 Å². The van der Waals surface area contributed by atoms with Gasteiger partial charge in [0.25, 0.3) is 5.91 Å². The van der Waals surface area contributed by atoms with E-state index < -0.39 is 36.0 Å². The van der Waals surface area contributed by atoms with Gasteiger partial charge in [-0.2, -0.15) is 0 Å². The number of hydrogen-bond donors (Lipinski definition) is 2. The molecule has 9 nitrogen and oxygen atoms in total. The third-order valence-electron chi connectivity index (χ3n) is 5.09. The Hall–Kier alpha value is -3.28. The van der Waals surface area contributed by atoms with Crippen molar-refractivity contribution in [3.8, 4) is 0 Å². The number of esters is 3. The summed E-state index contributed by atoms with van der Waals surface area (Å²) in [6.07, 6.45) is -1.18. The minimum Gasteiger partial charge on any atom is -0.465 e. The molecule has 0 bridgehead atoms. The number of methoxy groups -OCH3 is 2. The van der Waals surface area contributed by atoms with Gasteiger partial charge in [-0.3, -0.25) is 4.79 Å². The SMILES string of the molecule is COC(=O)C1=C(C(=O)OC)SC(c2ccc(C(=O)N[C@H](C(=O)OCc3ccccc3)[C@@H](C)O)cc2)S1. The molecule has 0 spiro atoms. The molecule has 36 heavy (non-hydrogen) atoms. The molecule has 0 saturated carbocycles. The van der Waals surface area contributed by atoms with E-state index in [1.807, 2.05) is 18.2 Å². The Morgan fingerprint density at radius 3 is 1.97 bits per heavy atom. The lowest BCUT2D eigenvalue weighted by atomic mass is 10.1. The number of rotatable bonds is 9. The molecule has 1 aliphatic rings. The first-order valence-electron chi connectivity index (χ1n) is 10.8. The van der Waals surface area contributed by atoms with Crippen molar-refractivity contribution in [1.82, 2.24) is 5.32 Å². The first-order chi connectivity index (χ1) is 17.2. The molecule has 0 fully saturated rings. The second kappa shape index (κ2) is 12.6. The average molecular weight is 532 g/mol. The van der Waals surface area contributed by atoms with E-state index in [1.54, 1.807) is 36.4 Å². The van der Waals surface area contributed by atoms with Crippen molar-refractivity contribution in [1.29, 1.82) is 0 Å². The quantitative estimate of drug-likeness (QED) is 0.368. The highest BCUT2D eigenvalue weighted by Crippen LogP contribution is 2.55. The van der Waals surface area contributed by atoms with Gasteiger partial charge in [-0.1, -0.05) is 66.0 Å². The molecule has 11 heteroatoms. The van der Waals surface area contributed by atoms with Gasteiger partial charge in [-0.25, -0.2) is 14.4 Å². The van der Waals surface area contributed by atoms with Crippen LogP contribution in [-0.2, 0) is 35.2 Å². The number of nitrogens with one attached hydrogen (secondary N) is 1. The van der Waals surface area contributed by atoms with E-state index >= 15 is 0 Å². The number of amides is 1. The van der Waals surface area contributed by atoms with Crippen molar-refractivity contribution >= 4 is 47.3 Å². The van der Waals surface area contributed by atoms with Crippen molar-refractivity contribution in [2.75, 3.05) is 14.2 Å². The summed E-state index contributed by atoms with van der Waals surface area (Å²) in [7, 11) is 2.46. The Morgan fingerprint density at radius 2 is 1.47 bits per heavy atom. The maximum absolute atomic E-state index is 12.8. The first-order valence-corrected chi connectivity index (χ1v) is 12.5. The molecule has 0 aliphatic carbocycles. The largest absolute Gasteiger partial charge is 0.465 e. The summed E-state index contributed by atoms with van der Waals surface area (Å²) < 4.78 is 14.4. The minimum atomic E-state index is -1.25. The van der Waals surface area contributed by atoms with Crippen LogP contribution >= 0.6 is 23.5 Å². The summed E-state index contributed by atoms with van der Waals surface area (Å²) in [5.41, 5.74) is 1.78. The van der Waals surface area contributed by atoms with Crippen LogP contribution in [0.5, 0.6) is 0 Å². The Labute approximate surface area is 216 Å². The fraction of sp³-hybridized carbons (Fsp3) is 0.280. The van der Waals surface area contributed by atoms with E-state index in [1.165, 1.54) is 21.1 Å². The minimum absolute atomic E-state index is 0.0132. The number of hydrogen-bond acceptors (Lipinski definition) is 10. The van der Waals surface area contributed by atoms with Gasteiger partial charge in [0.05, 0.1) is 24.9 Å². The lowest BCUT2D eigenvalue weighted by Gasteiger charge is -2.20. The zero-order valence-electron chi connectivity index (χ0n) is 19.8. The third kappa shape index (κ3) is 6.68. The van der Waals surface area contributed by atoms with Crippen LogP contribution in [0.2, 0.25) is 0 Å². The molecule has 1 heterocycles. The van der Waals surface area contributed by atoms with Gasteiger partial charge in [0.2, 0.25) is 0 Å². The van der Waals surface area contributed by atoms with E-state index in [0.29, 0.717) is 0 Å². The zero-order chi connectivity index (χ0) is 26.2. The predicted molar refractivity (Wildman–Crippen MR) is 135 cm³/mol. The summed E-state index contributed by atoms with van der Waals surface area (Å²) in [5.74, 6) is -2.58. The van der Waals surface area contributed by atoms with Crippen LogP contribution in [0.4, 0.5) is 0 Å². The smallest absolute Gasteiger partial charge is 0.345 e. The van der Waals surface area contributed by atoms with Crippen molar-refractivity contribution in [2.24, 2.45) is 0 Å². The summed E-state index contributed by atoms with van der Waals surface area (Å²) >= 11 is 2.31. The lowest BCUT2D eigenvalue weighted by Crippen LogP contribution is -2.48. The Kier molecular flexibility index (Phi) is 9.57. The van der Waals surface area contributed by atoms with Crippen LogP contribution in [0.3, 0.4) is 0 Å². The van der Waals surface area contributed by atoms with E-state index in [4.69, 9.17) is 14.2 Å². The standard InChI is InChI=1S/C25H25NO8S2/c1-14(27)18(22(29)34-13-15-7-5-4-6-8-15)26-21(28)16-9-11-17(12-10-16)25-35-19(23(30)32-2)20(36-25)24(31)33-3/h4-12,14,18,25,27H,13H2,1-3H3,(H,26,28)/t14-,18+/m1/s1. The van der Waals surface area contributed by atoms with Crippen LogP contribution in [0.25, 0.3) is 0 Å². The topological polar surface area (TPSA) is 128 Å². The molecule has 1 amide bonds. The van der Waals surface area contributed by atoms with E-state index in [9.17, 15) is 24.3 Å². The fourth-order valence-corrected chi connectivity index (χ4v) is 5.97. The highest BCUT2D eigenvalue weighted by atomic mass is 32.2. The van der Waals surface area contributed by atoms with Gasteiger partial charge in [0.15, 0.2) is 6.04 Å². The number of aliphatic hydroxyl groups excluding tert-OH is 1. The molecule has 2 atom stereocenters. The summed E-state index contributed by atoms with van der Waals surface area (Å²) in [6, 6.07) is 14.3. The van der Waals surface area contributed by atoms with Gasteiger partial charge in [-0.15, -0.1) is 0 Å². The van der Waals surface area contributed by atoms with Crippen LogP contribution < -0.4 is 5.32 Å². The monoisotopic (exact) mass is 531 g/mol. The summed E-state index contributed by atoms with van der Waals surface area (Å²) in [6.45, 7) is 1.40. The molecule has 2 aromatic carbocycles. The van der Waals surface area contributed by atoms with Crippen LogP contribution in [0.15, 0.2) is 64.4 Å². The molecule has 0 aromatic heterocycles. The fourth-order valence-electron chi connectivity index (χ4n) is 3.16. The molecular formula is C25H25NO8S2. The molecule has 0 unspecified atom stereocenters. The van der Waals surface area contributed by atoms with Gasteiger partial charge in [-0.05, 0) is 30.2 Å². The second-order valence-electron chi connectivity index (χ2n) is 7.62. The maximum atomic E-state index is 12.8. The molecule has 2 aromatic rings. The van der Waals surface area contributed by atoms with Gasteiger partial charge in [0.1, 0.15) is 16.4 Å². The van der Waals surface area contributed by atoms with Crippen LogP contribution in [-0.4, -0.2) is 55.3 Å². The summed E-state index contributed by atoms with van der Waals surface area (Å²) in [4.78, 5) is 49.7. The highest BCUT2D eigenvalue weighted by molar-refractivity contribution is 8.23. The average Bonchev–Trinajstić information content (AvgIpc) is 3.35. The van der Waals surface area contributed by atoms with Crippen LogP contribution in [0.1, 0.15) is 33.0 Å². The molecular weight excluding hydrogens is 506 g/mol. The van der Waals surface area contributed by atoms with E-state index in [-0.39, 0.29) is 26.6 Å². The lowest BCUT2D eigenvalue weighted by molar-refractivity contribution is -0.150. The number of thioether (sulfide) groups is 2. The van der Waals surface area contributed by atoms with Crippen molar-refractivity contribution in [3.05, 3.63) is 81.1 Å². The van der Waals surface area contributed by atoms with Crippen molar-refractivity contribution < 1.29 is 38.5 Å². The first kappa shape index (κ1) is 27.3. The Bertz CT molecular complexity index is 1120. The predicted octanol–water partition coefficient (Wildman–Crippen LogP) is 2.95. The third-order valence-corrected chi connectivity index (χ3v) is 7.98. The molecule has 1 aliphatic heterocycles. The molecule has 2 N–H and O–H groups in total. The Morgan fingerprint density at radius 1 is 0.917 bits per heavy atom. The highest BCUT2D eigenvalue weighted by Gasteiger charge is 2.36. The Balaban J connectivity index is 1.65. The number of carbonyl (C=O) groups excluding carboxylic acids is 4.